The van der Waals surface area contributed by atoms with Crippen LogP contribution in [0.25, 0.3) is 0 Å². The lowest BCUT2D eigenvalue weighted by atomic mass is 10.6. The SMILES string of the molecule is CCCS(=O)(=O)CCOc1cnn(CC)c1. The number of rotatable bonds is 7. The molecule has 5 nitrogen and oxygen atoms in total. The summed E-state index contributed by atoms with van der Waals surface area (Å²) < 4.78 is 29.8. The lowest BCUT2D eigenvalue weighted by molar-refractivity contribution is 0.340. The maximum atomic E-state index is 11.4. The van der Waals surface area contributed by atoms with Crippen LogP contribution in [0.4, 0.5) is 0 Å². The number of nitrogens with zero attached hydrogens (tertiary/aromatic N) is 2. The first-order chi connectivity index (χ1) is 7.57. The Kier molecular flexibility index (Phi) is 4.79. The molecule has 0 aliphatic rings. The maximum absolute atomic E-state index is 11.4. The summed E-state index contributed by atoms with van der Waals surface area (Å²) in [6.07, 6.45) is 4.00. The highest BCUT2D eigenvalue weighted by atomic mass is 32.2. The Morgan fingerprint density at radius 2 is 2.12 bits per heavy atom. The molecule has 0 aliphatic carbocycles. The Bertz CT molecular complexity index is 411. The van der Waals surface area contributed by atoms with Crippen LogP contribution in [-0.4, -0.2) is 36.3 Å². The fourth-order valence-electron chi connectivity index (χ4n) is 1.29. The van der Waals surface area contributed by atoms with Crippen LogP contribution in [0.15, 0.2) is 12.4 Å². The van der Waals surface area contributed by atoms with Crippen LogP contribution >= 0.6 is 0 Å². The lowest BCUT2D eigenvalue weighted by Gasteiger charge is -2.03. The van der Waals surface area contributed by atoms with Crippen LogP contribution in [0.3, 0.4) is 0 Å². The number of aromatic nitrogens is 2. The minimum atomic E-state index is -2.95. The molecule has 16 heavy (non-hydrogen) atoms. The summed E-state index contributed by atoms with van der Waals surface area (Å²) >= 11 is 0. The van der Waals surface area contributed by atoms with Gasteiger partial charge in [0.15, 0.2) is 15.6 Å². The van der Waals surface area contributed by atoms with Crippen LogP contribution in [0.1, 0.15) is 20.3 Å². The first-order valence-electron chi connectivity index (χ1n) is 5.43. The molecule has 0 fully saturated rings. The summed E-state index contributed by atoms with van der Waals surface area (Å²) in [5.41, 5.74) is 0. The average Bonchev–Trinajstić information content (AvgIpc) is 2.65. The molecule has 92 valence electrons. The third-order valence-electron chi connectivity index (χ3n) is 2.11. The molecular weight excluding hydrogens is 228 g/mol. The summed E-state index contributed by atoms with van der Waals surface area (Å²) in [7, 11) is -2.95. The molecule has 0 aromatic carbocycles. The molecule has 0 saturated heterocycles. The zero-order chi connectivity index (χ0) is 12.0. The van der Waals surface area contributed by atoms with Crippen molar-refractivity contribution in [2.75, 3.05) is 18.1 Å². The Balaban J connectivity index is 2.35. The van der Waals surface area contributed by atoms with Crippen LogP contribution in [-0.2, 0) is 16.4 Å². The van der Waals surface area contributed by atoms with Crippen molar-refractivity contribution < 1.29 is 13.2 Å². The molecular formula is C10H18N2O3S. The van der Waals surface area contributed by atoms with Crippen LogP contribution in [0, 0.1) is 0 Å². The van der Waals surface area contributed by atoms with Gasteiger partial charge in [0.1, 0.15) is 6.61 Å². The largest absolute Gasteiger partial charge is 0.489 e. The molecule has 1 aromatic heterocycles. The number of aryl methyl sites for hydroxylation is 1. The third-order valence-corrected chi connectivity index (χ3v) is 3.93. The van der Waals surface area contributed by atoms with Crippen LogP contribution in [0.5, 0.6) is 5.75 Å². The number of sulfone groups is 1. The molecule has 0 saturated carbocycles. The molecule has 0 aliphatic heterocycles. The first kappa shape index (κ1) is 13.0. The highest BCUT2D eigenvalue weighted by Crippen LogP contribution is 2.08. The number of ether oxygens (including phenoxy) is 1. The Morgan fingerprint density at radius 1 is 1.38 bits per heavy atom. The van der Waals surface area contributed by atoms with Crippen molar-refractivity contribution in [3.63, 3.8) is 0 Å². The summed E-state index contributed by atoms with van der Waals surface area (Å²) in [5.74, 6) is 0.913. The van der Waals surface area contributed by atoms with E-state index in [0.29, 0.717) is 12.2 Å². The van der Waals surface area contributed by atoms with E-state index < -0.39 is 9.84 Å². The number of hydrogen-bond donors (Lipinski definition) is 0. The van der Waals surface area contributed by atoms with Crippen LogP contribution in [0.2, 0.25) is 0 Å². The molecule has 0 radical (unpaired) electrons. The average molecular weight is 246 g/mol. The van der Waals surface area contributed by atoms with E-state index >= 15 is 0 Å². The smallest absolute Gasteiger partial charge is 0.157 e. The molecule has 0 N–H and O–H groups in total. The summed E-state index contributed by atoms with van der Waals surface area (Å²) in [4.78, 5) is 0. The van der Waals surface area contributed by atoms with E-state index in [1.54, 1.807) is 17.1 Å². The fraction of sp³-hybridized carbons (Fsp3) is 0.700. The van der Waals surface area contributed by atoms with Gasteiger partial charge in [-0.1, -0.05) is 6.92 Å². The molecule has 1 heterocycles. The van der Waals surface area contributed by atoms with Crippen molar-refractivity contribution in [1.29, 1.82) is 0 Å². The van der Waals surface area contributed by atoms with E-state index in [-0.39, 0.29) is 18.1 Å². The van der Waals surface area contributed by atoms with Gasteiger partial charge in [-0.25, -0.2) is 8.42 Å². The van der Waals surface area contributed by atoms with Gasteiger partial charge in [0.25, 0.3) is 0 Å². The molecule has 1 rings (SSSR count). The lowest BCUT2D eigenvalue weighted by Crippen LogP contribution is -2.16. The second-order valence-corrected chi connectivity index (χ2v) is 5.84. The van der Waals surface area contributed by atoms with Gasteiger partial charge >= 0.3 is 0 Å². The second-order valence-electron chi connectivity index (χ2n) is 3.53. The predicted octanol–water partition coefficient (Wildman–Crippen LogP) is 1.11. The highest BCUT2D eigenvalue weighted by Gasteiger charge is 2.09. The van der Waals surface area contributed by atoms with E-state index in [0.717, 1.165) is 6.54 Å². The second kappa shape index (κ2) is 5.89. The Morgan fingerprint density at radius 3 is 2.69 bits per heavy atom. The minimum absolute atomic E-state index is 0.0676. The quantitative estimate of drug-likeness (QED) is 0.723. The zero-order valence-electron chi connectivity index (χ0n) is 9.72. The topological polar surface area (TPSA) is 61.2 Å². The fourth-order valence-corrected chi connectivity index (χ4v) is 2.46. The Hall–Kier alpha value is -1.04. The third kappa shape index (κ3) is 4.22. The maximum Gasteiger partial charge on any atom is 0.157 e. The molecule has 0 unspecified atom stereocenters. The van der Waals surface area contributed by atoms with Crippen molar-refractivity contribution in [1.82, 2.24) is 9.78 Å². The van der Waals surface area contributed by atoms with Gasteiger partial charge in [-0.15, -0.1) is 0 Å². The molecule has 0 bridgehead atoms. The van der Waals surface area contributed by atoms with E-state index in [9.17, 15) is 8.42 Å². The Labute approximate surface area is 96.3 Å². The van der Waals surface area contributed by atoms with Crippen LogP contribution < -0.4 is 4.74 Å². The van der Waals surface area contributed by atoms with Gasteiger partial charge in [0.2, 0.25) is 0 Å². The minimum Gasteiger partial charge on any atom is -0.489 e. The number of hydrogen-bond acceptors (Lipinski definition) is 4. The van der Waals surface area contributed by atoms with Crippen molar-refractivity contribution in [2.45, 2.75) is 26.8 Å². The normalized spacial score (nSPS) is 11.6. The van der Waals surface area contributed by atoms with Crippen molar-refractivity contribution in [3.05, 3.63) is 12.4 Å². The summed E-state index contributed by atoms with van der Waals surface area (Å²) in [6.45, 7) is 4.79. The summed E-state index contributed by atoms with van der Waals surface area (Å²) in [6, 6.07) is 0. The van der Waals surface area contributed by atoms with E-state index in [2.05, 4.69) is 5.10 Å². The summed E-state index contributed by atoms with van der Waals surface area (Å²) in [5, 5.41) is 4.03. The van der Waals surface area contributed by atoms with Crippen molar-refractivity contribution in [3.8, 4) is 5.75 Å². The standard InChI is InChI=1S/C10H18N2O3S/c1-3-6-16(13,14)7-5-15-10-8-11-12(4-2)9-10/h8-9H,3-7H2,1-2H3. The van der Waals surface area contributed by atoms with E-state index in [1.807, 2.05) is 13.8 Å². The van der Waals surface area contributed by atoms with Gasteiger partial charge in [-0.3, -0.25) is 4.68 Å². The first-order valence-corrected chi connectivity index (χ1v) is 7.25. The van der Waals surface area contributed by atoms with Gasteiger partial charge in [-0.05, 0) is 13.3 Å². The highest BCUT2D eigenvalue weighted by molar-refractivity contribution is 7.91. The molecule has 6 heteroatoms. The van der Waals surface area contributed by atoms with Gasteiger partial charge in [0, 0.05) is 6.54 Å². The van der Waals surface area contributed by atoms with Gasteiger partial charge < -0.3 is 4.74 Å². The van der Waals surface area contributed by atoms with E-state index in [4.69, 9.17) is 4.74 Å². The molecule has 1 aromatic rings. The molecule has 0 spiro atoms. The zero-order valence-corrected chi connectivity index (χ0v) is 10.5. The van der Waals surface area contributed by atoms with Crippen molar-refractivity contribution >= 4 is 9.84 Å². The molecule has 0 amide bonds. The van der Waals surface area contributed by atoms with Gasteiger partial charge in [-0.2, -0.15) is 5.10 Å². The van der Waals surface area contributed by atoms with Crippen molar-refractivity contribution in [2.24, 2.45) is 0 Å². The predicted molar refractivity (Wildman–Crippen MR) is 62.3 cm³/mol. The molecule has 0 atom stereocenters. The monoisotopic (exact) mass is 246 g/mol. The van der Waals surface area contributed by atoms with E-state index in [1.165, 1.54) is 0 Å². The van der Waals surface area contributed by atoms with Gasteiger partial charge in [0.05, 0.1) is 23.9 Å².